The first-order chi connectivity index (χ1) is 9.71. The zero-order chi connectivity index (χ0) is 18.9. The van der Waals surface area contributed by atoms with Crippen LogP contribution in [0, 0.1) is 5.41 Å². The van der Waals surface area contributed by atoms with Crippen LogP contribution in [0.25, 0.3) is 0 Å². The Kier molecular flexibility index (Phi) is 4.55. The molecule has 10 nitrogen and oxygen atoms in total. The first kappa shape index (κ1) is 21.0. The second kappa shape index (κ2) is 4.99. The Bertz CT molecular complexity index is 447. The van der Waals surface area contributed by atoms with Gasteiger partial charge in [0.05, 0.1) is 5.41 Å². The van der Waals surface area contributed by atoms with Crippen molar-refractivity contribution < 1.29 is 51.1 Å². The Morgan fingerprint density at radius 3 is 1.13 bits per heavy atom. The van der Waals surface area contributed by atoms with E-state index in [4.69, 9.17) is 0 Å². The van der Waals surface area contributed by atoms with Crippen LogP contribution in [-0.2, 0) is 0 Å². The SMILES string of the molecule is CC(C)(C)SCC1(C)C(O)(O)C(O)(O)C(O)(O)C(O)(O)C1(O)O. The van der Waals surface area contributed by atoms with Gasteiger partial charge in [0.25, 0.3) is 17.4 Å². The highest BCUT2D eigenvalue weighted by molar-refractivity contribution is 8.00. The van der Waals surface area contributed by atoms with Crippen LogP contribution < -0.4 is 0 Å². The molecular formula is C12H24O10S. The highest BCUT2D eigenvalue weighted by atomic mass is 32.2. The third-order valence-corrected chi connectivity index (χ3v) is 5.86. The molecule has 0 aromatic rings. The van der Waals surface area contributed by atoms with Crippen LogP contribution in [0.4, 0.5) is 0 Å². The summed E-state index contributed by atoms with van der Waals surface area (Å²) in [7, 11) is 0. The van der Waals surface area contributed by atoms with Crippen molar-refractivity contribution in [1.29, 1.82) is 0 Å². The number of aliphatic hydroxyl groups is 10. The summed E-state index contributed by atoms with van der Waals surface area (Å²) in [6, 6.07) is 0. The monoisotopic (exact) mass is 360 g/mol. The molecule has 0 aliphatic heterocycles. The number of hydrogen-bond donors (Lipinski definition) is 10. The summed E-state index contributed by atoms with van der Waals surface area (Å²) in [5.41, 5.74) is -2.83. The normalized spacial score (nSPS) is 30.0. The maximum atomic E-state index is 10.1. The number of hydrogen-bond acceptors (Lipinski definition) is 11. The van der Waals surface area contributed by atoms with Crippen LogP contribution in [0.1, 0.15) is 27.7 Å². The Balaban J connectivity index is 3.61. The molecule has 0 saturated heterocycles. The summed E-state index contributed by atoms with van der Waals surface area (Å²) < 4.78 is -0.580. The maximum Gasteiger partial charge on any atom is 0.285 e. The molecular weight excluding hydrogens is 336 g/mol. The average molecular weight is 360 g/mol. The fraction of sp³-hybridized carbons (Fsp3) is 1.00. The minimum atomic E-state index is -4.51. The predicted octanol–water partition coefficient (Wildman–Crippen LogP) is -4.06. The van der Waals surface area contributed by atoms with Gasteiger partial charge in [-0.05, 0) is 6.92 Å². The third kappa shape index (κ3) is 2.35. The minimum Gasteiger partial charge on any atom is -0.361 e. The second-order valence-electron chi connectivity index (χ2n) is 7.09. The average Bonchev–Trinajstić information content (AvgIpc) is 2.32. The van der Waals surface area contributed by atoms with E-state index >= 15 is 0 Å². The minimum absolute atomic E-state index is 0.580. The lowest BCUT2D eigenvalue weighted by molar-refractivity contribution is -0.604. The smallest absolute Gasteiger partial charge is 0.285 e. The van der Waals surface area contributed by atoms with Crippen LogP contribution >= 0.6 is 11.8 Å². The van der Waals surface area contributed by atoms with E-state index in [1.807, 2.05) is 0 Å². The lowest BCUT2D eigenvalue weighted by atomic mass is 9.59. The molecule has 1 saturated carbocycles. The molecule has 0 heterocycles. The molecule has 0 unspecified atom stereocenters. The van der Waals surface area contributed by atoms with Crippen molar-refractivity contribution in [2.75, 3.05) is 5.75 Å². The third-order valence-electron chi connectivity index (χ3n) is 4.28. The van der Waals surface area contributed by atoms with Gasteiger partial charge in [0.1, 0.15) is 0 Å². The van der Waals surface area contributed by atoms with Crippen molar-refractivity contribution in [1.82, 2.24) is 0 Å². The zero-order valence-electron chi connectivity index (χ0n) is 13.1. The van der Waals surface area contributed by atoms with Gasteiger partial charge >= 0.3 is 0 Å². The van der Waals surface area contributed by atoms with E-state index in [1.165, 1.54) is 0 Å². The Morgan fingerprint density at radius 1 is 0.609 bits per heavy atom. The molecule has 0 bridgehead atoms. The summed E-state index contributed by atoms with van der Waals surface area (Å²) in [6.45, 7) is 5.74. The van der Waals surface area contributed by atoms with Crippen LogP contribution in [0.2, 0.25) is 0 Å². The van der Waals surface area contributed by atoms with E-state index in [-0.39, 0.29) is 0 Å². The van der Waals surface area contributed by atoms with Gasteiger partial charge in [0.15, 0.2) is 0 Å². The summed E-state index contributed by atoms with van der Waals surface area (Å²) >= 11 is 0.897. The van der Waals surface area contributed by atoms with Crippen molar-refractivity contribution in [2.24, 2.45) is 5.41 Å². The van der Waals surface area contributed by atoms with E-state index in [1.54, 1.807) is 20.8 Å². The molecule has 10 N–H and O–H groups in total. The summed E-state index contributed by atoms with van der Waals surface area (Å²) in [5.74, 6) is -21.8. The van der Waals surface area contributed by atoms with Gasteiger partial charge in [-0.3, -0.25) is 0 Å². The summed E-state index contributed by atoms with van der Waals surface area (Å²) in [4.78, 5) is 0. The predicted molar refractivity (Wildman–Crippen MR) is 76.2 cm³/mol. The molecule has 0 aromatic carbocycles. The molecule has 138 valence electrons. The first-order valence-corrected chi connectivity index (χ1v) is 7.57. The van der Waals surface area contributed by atoms with Crippen LogP contribution in [0.15, 0.2) is 0 Å². The lowest BCUT2D eigenvalue weighted by Crippen LogP contribution is -2.93. The van der Waals surface area contributed by atoms with E-state index in [0.717, 1.165) is 11.8 Å². The van der Waals surface area contributed by atoms with E-state index in [0.29, 0.717) is 6.92 Å². The summed E-state index contributed by atoms with van der Waals surface area (Å²) in [5, 5.41) is 98.6. The zero-order valence-corrected chi connectivity index (χ0v) is 13.9. The van der Waals surface area contributed by atoms with E-state index in [2.05, 4.69) is 0 Å². The standard InChI is InChI=1S/C12H24O10S/c1-6(2,3)23-5-7(4)8(13,14)10(17,18)12(21,22)11(19,20)9(7,15)16/h13-22H,5H2,1-4H3. The van der Waals surface area contributed by atoms with Gasteiger partial charge in [-0.1, -0.05) is 20.8 Å². The molecule has 0 spiro atoms. The quantitative estimate of drug-likeness (QED) is 0.215. The Hall–Kier alpha value is -0.0500. The van der Waals surface area contributed by atoms with Crippen molar-refractivity contribution in [2.45, 2.75) is 61.4 Å². The highest BCUT2D eigenvalue weighted by Crippen LogP contribution is 2.59. The van der Waals surface area contributed by atoms with Crippen molar-refractivity contribution in [3.05, 3.63) is 0 Å². The van der Waals surface area contributed by atoms with Gasteiger partial charge in [-0.25, -0.2) is 0 Å². The Morgan fingerprint density at radius 2 is 0.870 bits per heavy atom. The number of thioether (sulfide) groups is 1. The van der Waals surface area contributed by atoms with Crippen LogP contribution in [-0.4, -0.2) is 90.5 Å². The van der Waals surface area contributed by atoms with Gasteiger partial charge in [0.2, 0.25) is 11.6 Å². The maximum absolute atomic E-state index is 10.1. The molecule has 11 heteroatoms. The molecule has 0 aromatic heterocycles. The van der Waals surface area contributed by atoms with Crippen molar-refractivity contribution in [3.63, 3.8) is 0 Å². The molecule has 0 atom stereocenters. The van der Waals surface area contributed by atoms with Gasteiger partial charge in [-0.2, -0.15) is 11.8 Å². The lowest BCUT2D eigenvalue weighted by Gasteiger charge is -2.64. The molecule has 1 rings (SSSR count). The highest BCUT2D eigenvalue weighted by Gasteiger charge is 2.89. The van der Waals surface area contributed by atoms with Gasteiger partial charge < -0.3 is 51.1 Å². The van der Waals surface area contributed by atoms with Crippen LogP contribution in [0.3, 0.4) is 0 Å². The fourth-order valence-corrected chi connectivity index (χ4v) is 3.43. The Labute approximate surface area is 136 Å². The topological polar surface area (TPSA) is 202 Å². The van der Waals surface area contributed by atoms with E-state index < -0.39 is 44.9 Å². The summed E-state index contributed by atoms with van der Waals surface area (Å²) in [6.07, 6.45) is 0. The number of rotatable bonds is 2. The first-order valence-electron chi connectivity index (χ1n) is 6.58. The molecule has 0 amide bonds. The van der Waals surface area contributed by atoms with Gasteiger partial charge in [-0.15, -0.1) is 0 Å². The molecule has 1 fully saturated rings. The molecule has 0 radical (unpaired) electrons. The second-order valence-corrected chi connectivity index (χ2v) is 8.90. The van der Waals surface area contributed by atoms with Crippen molar-refractivity contribution in [3.8, 4) is 0 Å². The van der Waals surface area contributed by atoms with Crippen molar-refractivity contribution >= 4 is 11.8 Å². The largest absolute Gasteiger partial charge is 0.361 e. The van der Waals surface area contributed by atoms with Crippen LogP contribution in [0.5, 0.6) is 0 Å². The van der Waals surface area contributed by atoms with E-state index in [9.17, 15) is 51.1 Å². The van der Waals surface area contributed by atoms with Gasteiger partial charge in [0, 0.05) is 10.5 Å². The molecule has 1 aliphatic rings. The molecule has 23 heavy (non-hydrogen) atoms. The fourth-order valence-electron chi connectivity index (χ4n) is 2.30. The molecule has 1 aliphatic carbocycles.